The second kappa shape index (κ2) is 6.26. The third kappa shape index (κ3) is 5.45. The van der Waals surface area contributed by atoms with Crippen molar-refractivity contribution in [1.82, 2.24) is 25.5 Å². The van der Waals surface area contributed by atoms with Crippen molar-refractivity contribution < 1.29 is 14.3 Å². The van der Waals surface area contributed by atoms with Crippen LogP contribution in [0, 0.1) is 0 Å². The molecule has 1 N–H and O–H groups in total. The Morgan fingerprint density at radius 1 is 1.37 bits per heavy atom. The summed E-state index contributed by atoms with van der Waals surface area (Å²) in [5, 5.41) is 13.5. The Morgan fingerprint density at radius 2 is 2.05 bits per heavy atom. The summed E-state index contributed by atoms with van der Waals surface area (Å²) < 4.78 is 6.45. The molecule has 19 heavy (non-hydrogen) atoms. The number of nitrogens with zero attached hydrogens (tertiary/aromatic N) is 4. The van der Waals surface area contributed by atoms with Crippen LogP contribution in [0.2, 0.25) is 0 Å². The van der Waals surface area contributed by atoms with Gasteiger partial charge in [-0.05, 0) is 31.2 Å². The van der Waals surface area contributed by atoms with E-state index in [0.29, 0.717) is 12.2 Å². The zero-order valence-corrected chi connectivity index (χ0v) is 11.6. The molecule has 0 spiro atoms. The number of amides is 1. The normalized spacial score (nSPS) is 11.2. The van der Waals surface area contributed by atoms with Crippen LogP contribution in [0.1, 0.15) is 39.9 Å². The Bertz CT molecular complexity index is 449. The van der Waals surface area contributed by atoms with Gasteiger partial charge in [0, 0.05) is 6.42 Å². The van der Waals surface area contributed by atoms with Crippen molar-refractivity contribution >= 4 is 11.9 Å². The van der Waals surface area contributed by atoms with Crippen LogP contribution in [-0.4, -0.2) is 37.7 Å². The van der Waals surface area contributed by atoms with E-state index in [1.807, 2.05) is 0 Å². The lowest BCUT2D eigenvalue weighted by atomic mass is 10.2. The topological polar surface area (TPSA) is 99.0 Å². The number of alkyl carbamates (subject to hydrolysis) is 1. The number of tetrazole rings is 1. The van der Waals surface area contributed by atoms with Gasteiger partial charge in [0.05, 0.1) is 6.54 Å². The number of carbonyl (C=O) groups is 2. The van der Waals surface area contributed by atoms with Crippen LogP contribution >= 0.6 is 0 Å². The van der Waals surface area contributed by atoms with Crippen LogP contribution in [0.4, 0.5) is 4.79 Å². The molecule has 8 nitrogen and oxygen atoms in total. The SMILES string of the molecule is CCC(=O)Cn1nnnc1CNC(=O)OC(C)(C)C. The molecule has 0 saturated carbocycles. The monoisotopic (exact) mass is 269 g/mol. The molecular formula is C11H19N5O3. The third-order valence-electron chi connectivity index (χ3n) is 2.12. The van der Waals surface area contributed by atoms with Crippen molar-refractivity contribution in [3.63, 3.8) is 0 Å². The molecule has 0 radical (unpaired) electrons. The lowest BCUT2D eigenvalue weighted by Crippen LogP contribution is -2.33. The molecule has 0 unspecified atom stereocenters. The molecule has 1 heterocycles. The van der Waals surface area contributed by atoms with Gasteiger partial charge in [0.2, 0.25) is 0 Å². The molecule has 8 heteroatoms. The Balaban J connectivity index is 2.52. The number of aromatic nitrogens is 4. The van der Waals surface area contributed by atoms with Crippen molar-refractivity contribution in [2.45, 2.75) is 52.8 Å². The number of hydrogen-bond donors (Lipinski definition) is 1. The maximum atomic E-state index is 11.5. The van der Waals surface area contributed by atoms with Gasteiger partial charge < -0.3 is 10.1 Å². The minimum absolute atomic E-state index is 0.0193. The van der Waals surface area contributed by atoms with Crippen molar-refractivity contribution in [2.75, 3.05) is 0 Å². The highest BCUT2D eigenvalue weighted by Gasteiger charge is 2.17. The first kappa shape index (κ1) is 15.1. The summed E-state index contributed by atoms with van der Waals surface area (Å²) >= 11 is 0. The fraction of sp³-hybridized carbons (Fsp3) is 0.727. The standard InChI is InChI=1S/C11H19N5O3/c1-5-8(17)7-16-9(13-14-15-16)6-12-10(18)19-11(2,3)4/h5-7H2,1-4H3,(H,12,18). The molecule has 0 atom stereocenters. The van der Waals surface area contributed by atoms with E-state index in [1.165, 1.54) is 4.68 Å². The fourth-order valence-electron chi connectivity index (χ4n) is 1.22. The molecule has 1 rings (SSSR count). The molecular weight excluding hydrogens is 250 g/mol. The second-order valence-corrected chi connectivity index (χ2v) is 5.00. The second-order valence-electron chi connectivity index (χ2n) is 5.00. The first-order chi connectivity index (χ1) is 8.81. The number of ether oxygens (including phenoxy) is 1. The number of ketones is 1. The average molecular weight is 269 g/mol. The van der Waals surface area contributed by atoms with Gasteiger partial charge in [-0.2, -0.15) is 0 Å². The first-order valence-corrected chi connectivity index (χ1v) is 6.05. The van der Waals surface area contributed by atoms with Crippen LogP contribution in [-0.2, 0) is 22.6 Å². The zero-order valence-electron chi connectivity index (χ0n) is 11.6. The van der Waals surface area contributed by atoms with Gasteiger partial charge in [0.1, 0.15) is 12.1 Å². The van der Waals surface area contributed by atoms with E-state index in [-0.39, 0.29) is 18.9 Å². The molecule has 0 aliphatic rings. The summed E-state index contributed by atoms with van der Waals surface area (Å²) in [6.07, 6.45) is -0.137. The summed E-state index contributed by atoms with van der Waals surface area (Å²) in [6, 6.07) is 0. The van der Waals surface area contributed by atoms with Gasteiger partial charge in [0.25, 0.3) is 0 Å². The van der Waals surface area contributed by atoms with Gasteiger partial charge in [0.15, 0.2) is 11.6 Å². The summed E-state index contributed by atoms with van der Waals surface area (Å²) in [7, 11) is 0. The van der Waals surface area contributed by atoms with Gasteiger partial charge in [-0.25, -0.2) is 9.48 Å². The van der Waals surface area contributed by atoms with Crippen LogP contribution in [0.15, 0.2) is 0 Å². The third-order valence-corrected chi connectivity index (χ3v) is 2.12. The summed E-state index contributed by atoms with van der Waals surface area (Å²) in [6.45, 7) is 7.31. The Labute approximate surface area is 111 Å². The maximum Gasteiger partial charge on any atom is 0.408 e. The van der Waals surface area contributed by atoms with Crippen molar-refractivity contribution in [3.8, 4) is 0 Å². The maximum absolute atomic E-state index is 11.5. The highest BCUT2D eigenvalue weighted by molar-refractivity contribution is 5.77. The molecule has 0 aromatic carbocycles. The summed E-state index contributed by atoms with van der Waals surface area (Å²) in [4.78, 5) is 22.8. The Morgan fingerprint density at radius 3 is 2.63 bits per heavy atom. The van der Waals surface area contributed by atoms with E-state index < -0.39 is 11.7 Å². The Hall–Kier alpha value is -1.99. The minimum Gasteiger partial charge on any atom is -0.444 e. The quantitative estimate of drug-likeness (QED) is 0.843. The van der Waals surface area contributed by atoms with Gasteiger partial charge in [-0.3, -0.25) is 4.79 Å². The summed E-state index contributed by atoms with van der Waals surface area (Å²) in [5.41, 5.74) is -0.561. The van der Waals surface area contributed by atoms with Gasteiger partial charge in [-0.15, -0.1) is 5.10 Å². The molecule has 0 saturated heterocycles. The summed E-state index contributed by atoms with van der Waals surface area (Å²) in [5.74, 6) is 0.429. The number of carbonyl (C=O) groups excluding carboxylic acids is 2. The van der Waals surface area contributed by atoms with E-state index in [9.17, 15) is 9.59 Å². The van der Waals surface area contributed by atoms with E-state index in [1.54, 1.807) is 27.7 Å². The predicted octanol–water partition coefficient (Wildman–Crippen LogP) is 0.677. The molecule has 106 valence electrons. The average Bonchev–Trinajstić information content (AvgIpc) is 2.71. The lowest BCUT2D eigenvalue weighted by molar-refractivity contribution is -0.119. The Kier molecular flexibility index (Phi) is 4.96. The van der Waals surface area contributed by atoms with E-state index in [2.05, 4.69) is 20.8 Å². The molecule has 0 bridgehead atoms. The zero-order chi connectivity index (χ0) is 14.5. The number of hydrogen-bond acceptors (Lipinski definition) is 6. The van der Waals surface area contributed by atoms with Gasteiger partial charge in [-0.1, -0.05) is 6.92 Å². The smallest absolute Gasteiger partial charge is 0.408 e. The van der Waals surface area contributed by atoms with Crippen LogP contribution in [0.25, 0.3) is 0 Å². The number of nitrogens with one attached hydrogen (secondary N) is 1. The van der Waals surface area contributed by atoms with Crippen LogP contribution < -0.4 is 5.32 Å². The highest BCUT2D eigenvalue weighted by atomic mass is 16.6. The molecule has 0 fully saturated rings. The van der Waals surface area contributed by atoms with E-state index in [4.69, 9.17) is 4.74 Å². The van der Waals surface area contributed by atoms with Crippen LogP contribution in [0.5, 0.6) is 0 Å². The lowest BCUT2D eigenvalue weighted by Gasteiger charge is -2.19. The predicted molar refractivity (Wildman–Crippen MR) is 66.2 cm³/mol. The van der Waals surface area contributed by atoms with E-state index >= 15 is 0 Å². The highest BCUT2D eigenvalue weighted by Crippen LogP contribution is 2.06. The number of Topliss-reactive ketones (excluding diaryl/α,β-unsaturated/α-hetero) is 1. The minimum atomic E-state index is -0.561. The van der Waals surface area contributed by atoms with Crippen molar-refractivity contribution in [3.05, 3.63) is 5.82 Å². The van der Waals surface area contributed by atoms with Crippen molar-refractivity contribution in [2.24, 2.45) is 0 Å². The molecule has 1 aromatic heterocycles. The molecule has 0 aliphatic heterocycles. The van der Waals surface area contributed by atoms with E-state index in [0.717, 1.165) is 0 Å². The van der Waals surface area contributed by atoms with Gasteiger partial charge >= 0.3 is 6.09 Å². The van der Waals surface area contributed by atoms with Crippen molar-refractivity contribution in [1.29, 1.82) is 0 Å². The largest absolute Gasteiger partial charge is 0.444 e. The molecule has 1 aromatic rings. The fourth-order valence-corrected chi connectivity index (χ4v) is 1.22. The molecule has 1 amide bonds. The first-order valence-electron chi connectivity index (χ1n) is 6.05. The molecule has 0 aliphatic carbocycles. The number of rotatable bonds is 5. The van der Waals surface area contributed by atoms with Crippen LogP contribution in [0.3, 0.4) is 0 Å².